The number of para-hydroxylation sites is 1. The highest BCUT2D eigenvalue weighted by molar-refractivity contribution is 6.02. The zero-order valence-corrected chi connectivity index (χ0v) is 32.9. The minimum absolute atomic E-state index is 0.112. The molecule has 2 N–H and O–H groups in total. The van der Waals surface area contributed by atoms with Gasteiger partial charge in [-0.1, -0.05) is 49.0 Å². The molecular formula is C43H51N3O10. The van der Waals surface area contributed by atoms with Crippen LogP contribution in [0.1, 0.15) is 84.3 Å². The second-order valence-electron chi connectivity index (χ2n) is 13.3. The molecule has 0 aromatic heterocycles. The molecule has 0 bridgehead atoms. The number of methoxy groups -OCH3 is 6. The highest BCUT2D eigenvalue weighted by atomic mass is 16.6. The number of oxime groups is 1. The molecule has 4 aromatic rings. The summed E-state index contributed by atoms with van der Waals surface area (Å²) in [5, 5.41) is 10.8. The van der Waals surface area contributed by atoms with Crippen molar-refractivity contribution in [3.8, 4) is 46.0 Å². The molecule has 2 heterocycles. The lowest BCUT2D eigenvalue weighted by Crippen LogP contribution is -2.38. The lowest BCUT2D eigenvalue weighted by Gasteiger charge is -2.28. The van der Waals surface area contributed by atoms with E-state index in [1.54, 1.807) is 48.7 Å². The number of nitrogens with one attached hydrogen (secondary N) is 2. The van der Waals surface area contributed by atoms with Crippen LogP contribution in [-0.2, 0) is 4.84 Å². The van der Waals surface area contributed by atoms with E-state index < -0.39 is 0 Å². The standard InChI is InChI=1S/C43H51N3O10/c1-48-35-21-27(42-44-31-16-12-11-15-30(31)43(47)45-42)17-18-33(35)54-19-13-9-7-8-10-14-20-55-41-38(51-4)22-28(23-39(41)52-5)32-26-34(56-46-32)29-24-36(49-2)40(53-6)37(25-29)50-3/h11-12,15-18,21-25,34,42,44H,7-10,13-14,19-20,26H2,1-6H3,(H,45,47). The Labute approximate surface area is 328 Å². The van der Waals surface area contributed by atoms with Gasteiger partial charge in [-0.15, -0.1) is 0 Å². The fraction of sp³-hybridized carbons (Fsp3) is 0.395. The molecule has 0 fully saturated rings. The van der Waals surface area contributed by atoms with Crippen molar-refractivity contribution in [2.24, 2.45) is 5.16 Å². The molecule has 2 unspecified atom stereocenters. The van der Waals surface area contributed by atoms with Crippen LogP contribution in [0.3, 0.4) is 0 Å². The SMILES string of the molecule is COc1cc(C2NC(=O)c3ccccc3N2)ccc1OCCCCCCCCOc1c(OC)cc(C2=NOC(c3cc(OC)c(OC)c(OC)c3)C2)cc1OC. The molecule has 298 valence electrons. The maximum atomic E-state index is 12.6. The number of fused-ring (bicyclic) bond motifs is 1. The van der Waals surface area contributed by atoms with Crippen LogP contribution in [0.15, 0.2) is 71.9 Å². The smallest absolute Gasteiger partial charge is 0.255 e. The molecule has 2 aliphatic rings. The van der Waals surface area contributed by atoms with Gasteiger partial charge in [-0.3, -0.25) is 4.79 Å². The first-order chi connectivity index (χ1) is 27.4. The van der Waals surface area contributed by atoms with Gasteiger partial charge in [0.15, 0.2) is 40.6 Å². The van der Waals surface area contributed by atoms with Gasteiger partial charge in [0.05, 0.1) is 67.1 Å². The van der Waals surface area contributed by atoms with Crippen LogP contribution in [0, 0.1) is 0 Å². The summed E-state index contributed by atoms with van der Waals surface area (Å²) in [6.45, 7) is 1.12. The first-order valence-electron chi connectivity index (χ1n) is 18.8. The molecule has 0 spiro atoms. The number of hydrogen-bond acceptors (Lipinski definition) is 12. The lowest BCUT2D eigenvalue weighted by atomic mass is 9.99. The second kappa shape index (κ2) is 19.1. The van der Waals surface area contributed by atoms with E-state index in [4.69, 9.17) is 42.7 Å². The number of unbranched alkanes of at least 4 members (excludes halogenated alkanes) is 5. The van der Waals surface area contributed by atoms with Crippen molar-refractivity contribution in [3.05, 3.63) is 89.0 Å². The number of amides is 1. The summed E-state index contributed by atoms with van der Waals surface area (Å²) in [5.41, 5.74) is 4.74. The zero-order valence-electron chi connectivity index (χ0n) is 32.9. The Hall–Kier alpha value is -5.98. The van der Waals surface area contributed by atoms with E-state index in [0.29, 0.717) is 71.2 Å². The molecule has 1 amide bonds. The number of hydrogen-bond donors (Lipinski definition) is 2. The van der Waals surface area contributed by atoms with Gasteiger partial charge in [-0.25, -0.2) is 0 Å². The first kappa shape index (κ1) is 39.7. The number of anilines is 1. The third-order valence-electron chi connectivity index (χ3n) is 9.83. The molecule has 0 aliphatic carbocycles. The number of carbonyl (C=O) groups is 1. The molecule has 56 heavy (non-hydrogen) atoms. The van der Waals surface area contributed by atoms with Crippen molar-refractivity contribution in [1.82, 2.24) is 5.32 Å². The molecule has 6 rings (SSSR count). The predicted molar refractivity (Wildman–Crippen MR) is 213 cm³/mol. The molecule has 13 nitrogen and oxygen atoms in total. The van der Waals surface area contributed by atoms with Gasteiger partial charge >= 0.3 is 0 Å². The number of rotatable bonds is 20. The molecule has 4 aromatic carbocycles. The minimum atomic E-state index is -0.361. The Morgan fingerprint density at radius 3 is 1.84 bits per heavy atom. The van der Waals surface area contributed by atoms with E-state index in [9.17, 15) is 4.79 Å². The minimum Gasteiger partial charge on any atom is -0.493 e. The lowest BCUT2D eigenvalue weighted by molar-refractivity contribution is 0.0853. The van der Waals surface area contributed by atoms with Gasteiger partial charge in [0.25, 0.3) is 5.91 Å². The average molecular weight is 770 g/mol. The summed E-state index contributed by atoms with van der Waals surface area (Å²) in [7, 11) is 9.58. The summed E-state index contributed by atoms with van der Waals surface area (Å²) < 4.78 is 45.9. The molecule has 0 saturated heterocycles. The summed E-state index contributed by atoms with van der Waals surface area (Å²) in [6, 6.07) is 20.7. The summed E-state index contributed by atoms with van der Waals surface area (Å²) in [4.78, 5) is 18.4. The topological polar surface area (TPSA) is 137 Å². The van der Waals surface area contributed by atoms with Gasteiger partial charge in [0.2, 0.25) is 11.5 Å². The molecule has 2 atom stereocenters. The fourth-order valence-electron chi connectivity index (χ4n) is 6.83. The van der Waals surface area contributed by atoms with Crippen LogP contribution < -0.4 is 48.5 Å². The molecule has 2 aliphatic heterocycles. The molecule has 13 heteroatoms. The number of carbonyl (C=O) groups excluding carboxylic acids is 1. The quantitative estimate of drug-likeness (QED) is 0.0841. The van der Waals surface area contributed by atoms with E-state index in [-0.39, 0.29) is 18.2 Å². The normalized spacial score (nSPS) is 15.7. The summed E-state index contributed by atoms with van der Waals surface area (Å²) >= 11 is 0. The van der Waals surface area contributed by atoms with Gasteiger partial charge in [0.1, 0.15) is 6.17 Å². The van der Waals surface area contributed by atoms with E-state index >= 15 is 0 Å². The predicted octanol–water partition coefficient (Wildman–Crippen LogP) is 8.26. The van der Waals surface area contributed by atoms with Crippen LogP contribution in [-0.4, -0.2) is 67.5 Å². The third kappa shape index (κ3) is 9.10. The van der Waals surface area contributed by atoms with E-state index in [1.807, 2.05) is 60.7 Å². The van der Waals surface area contributed by atoms with Crippen molar-refractivity contribution in [3.63, 3.8) is 0 Å². The maximum Gasteiger partial charge on any atom is 0.255 e. The van der Waals surface area contributed by atoms with Crippen LogP contribution in [0.4, 0.5) is 5.69 Å². The van der Waals surface area contributed by atoms with Gasteiger partial charge in [-0.2, -0.15) is 0 Å². The molecule has 0 saturated carbocycles. The van der Waals surface area contributed by atoms with Crippen LogP contribution in [0.25, 0.3) is 0 Å². The fourth-order valence-corrected chi connectivity index (χ4v) is 6.83. The van der Waals surface area contributed by atoms with Gasteiger partial charge in [0, 0.05) is 23.2 Å². The Kier molecular flexibility index (Phi) is 13.5. The maximum absolute atomic E-state index is 12.6. The average Bonchev–Trinajstić information content (AvgIpc) is 3.74. The Bertz CT molecular complexity index is 1950. The molecule has 0 radical (unpaired) electrons. The third-order valence-corrected chi connectivity index (χ3v) is 9.83. The van der Waals surface area contributed by atoms with Crippen molar-refractivity contribution in [1.29, 1.82) is 0 Å². The van der Waals surface area contributed by atoms with Crippen molar-refractivity contribution in [2.75, 3.05) is 61.2 Å². The summed E-state index contributed by atoms with van der Waals surface area (Å²) in [5.74, 6) is 4.50. The van der Waals surface area contributed by atoms with E-state index in [2.05, 4.69) is 15.8 Å². The van der Waals surface area contributed by atoms with Gasteiger partial charge in [-0.05, 0) is 66.9 Å². The van der Waals surface area contributed by atoms with E-state index in [0.717, 1.165) is 66.6 Å². The highest BCUT2D eigenvalue weighted by Crippen LogP contribution is 2.44. The van der Waals surface area contributed by atoms with Gasteiger partial charge < -0.3 is 53.4 Å². The van der Waals surface area contributed by atoms with Crippen LogP contribution in [0.2, 0.25) is 0 Å². The Morgan fingerprint density at radius 1 is 0.607 bits per heavy atom. The monoisotopic (exact) mass is 769 g/mol. The largest absolute Gasteiger partial charge is 0.493 e. The first-order valence-corrected chi connectivity index (χ1v) is 18.8. The Morgan fingerprint density at radius 2 is 1.20 bits per heavy atom. The highest BCUT2D eigenvalue weighted by Gasteiger charge is 2.29. The Balaban J connectivity index is 0.919. The number of ether oxygens (including phenoxy) is 8. The van der Waals surface area contributed by atoms with Crippen molar-refractivity contribution < 1.29 is 47.5 Å². The van der Waals surface area contributed by atoms with E-state index in [1.165, 1.54) is 0 Å². The van der Waals surface area contributed by atoms with Crippen molar-refractivity contribution >= 4 is 17.3 Å². The number of nitrogens with zero attached hydrogens (tertiary/aromatic N) is 1. The second-order valence-corrected chi connectivity index (χ2v) is 13.3. The van der Waals surface area contributed by atoms with Crippen LogP contribution in [0.5, 0.6) is 46.0 Å². The zero-order chi connectivity index (χ0) is 39.4. The molecular weight excluding hydrogens is 718 g/mol. The van der Waals surface area contributed by atoms with Crippen molar-refractivity contribution in [2.45, 2.75) is 57.2 Å². The van der Waals surface area contributed by atoms with Crippen LogP contribution >= 0.6 is 0 Å². The number of benzene rings is 4. The summed E-state index contributed by atoms with van der Waals surface area (Å²) in [6.07, 6.45) is 5.92.